The Bertz CT molecular complexity index is 3530. The van der Waals surface area contributed by atoms with Gasteiger partial charge >= 0.3 is 0 Å². The van der Waals surface area contributed by atoms with Crippen LogP contribution in [0.1, 0.15) is 0 Å². The van der Waals surface area contributed by atoms with Crippen molar-refractivity contribution in [1.82, 2.24) is 19.5 Å². The zero-order valence-corrected chi connectivity index (χ0v) is 31.2. The van der Waals surface area contributed by atoms with Crippen molar-refractivity contribution in [3.63, 3.8) is 0 Å². The van der Waals surface area contributed by atoms with E-state index in [1.54, 1.807) is 11.3 Å². The van der Waals surface area contributed by atoms with Gasteiger partial charge in [0.05, 0.1) is 11.0 Å². The van der Waals surface area contributed by atoms with Crippen LogP contribution in [-0.2, 0) is 0 Å². The quantitative estimate of drug-likeness (QED) is 0.176. The normalized spacial score (nSPS) is 11.9. The molecule has 0 aliphatic rings. The van der Waals surface area contributed by atoms with Crippen molar-refractivity contribution >= 4 is 75.3 Å². The van der Waals surface area contributed by atoms with Crippen LogP contribution in [0.15, 0.2) is 186 Å². The van der Waals surface area contributed by atoms with Gasteiger partial charge in [-0.15, -0.1) is 11.3 Å². The average molecular weight is 747 g/mol. The molecule has 0 fully saturated rings. The van der Waals surface area contributed by atoms with Gasteiger partial charge in [0.25, 0.3) is 0 Å². The summed E-state index contributed by atoms with van der Waals surface area (Å²) in [5, 5.41) is 6.89. The van der Waals surface area contributed by atoms with Crippen molar-refractivity contribution in [1.29, 1.82) is 0 Å². The summed E-state index contributed by atoms with van der Waals surface area (Å²) in [6.45, 7) is 0. The lowest BCUT2D eigenvalue weighted by molar-refractivity contribution is 0.671. The highest BCUT2D eigenvalue weighted by Crippen LogP contribution is 2.42. The van der Waals surface area contributed by atoms with Crippen LogP contribution in [0, 0.1) is 0 Å². The van der Waals surface area contributed by atoms with Gasteiger partial charge in [-0.25, -0.2) is 15.0 Å². The molecule has 0 bridgehead atoms. The molecule has 0 unspecified atom stereocenters. The number of nitrogens with zero attached hydrogens (tertiary/aromatic N) is 4. The Morgan fingerprint density at radius 2 is 0.982 bits per heavy atom. The second-order valence-electron chi connectivity index (χ2n) is 14.4. The predicted molar refractivity (Wildman–Crippen MR) is 236 cm³/mol. The molecule has 0 radical (unpaired) electrons. The lowest BCUT2D eigenvalue weighted by Crippen LogP contribution is -2.00. The Hall–Kier alpha value is -7.41. The minimum absolute atomic E-state index is 0.585. The minimum atomic E-state index is 0.585. The summed E-state index contributed by atoms with van der Waals surface area (Å²) in [5.41, 5.74) is 9.87. The summed E-state index contributed by atoms with van der Waals surface area (Å²) < 4.78 is 11.7. The number of hydrogen-bond donors (Lipinski definition) is 0. The zero-order valence-electron chi connectivity index (χ0n) is 30.4. The maximum atomic E-state index is 6.90. The highest BCUT2D eigenvalue weighted by atomic mass is 32.1. The molecular formula is C51H30N4OS. The maximum absolute atomic E-state index is 6.90. The maximum Gasteiger partial charge on any atom is 0.164 e. The molecule has 4 heterocycles. The topological polar surface area (TPSA) is 56.7 Å². The Labute approximate surface area is 330 Å². The number of thiophene rings is 1. The SMILES string of the molecule is c1ccc(-c2cccc(-c3nc(-c4ccc5c(c4)oc4c5ccc5c6ccccc6n(-c6ccccc6)c54)nc(-c4ccc5sc6ccccc6c5c4)n3)c2)cc1. The number of fused-ring (bicyclic) bond motifs is 10. The van der Waals surface area contributed by atoms with Crippen LogP contribution in [-0.4, -0.2) is 19.5 Å². The van der Waals surface area contributed by atoms with Gasteiger partial charge in [0.1, 0.15) is 5.58 Å². The molecule has 12 rings (SSSR count). The fraction of sp³-hybridized carbons (Fsp3) is 0. The van der Waals surface area contributed by atoms with Gasteiger partial charge in [0, 0.05) is 64.1 Å². The van der Waals surface area contributed by atoms with Crippen LogP contribution in [0.2, 0.25) is 0 Å². The first-order chi connectivity index (χ1) is 28.2. The van der Waals surface area contributed by atoms with Crippen LogP contribution in [0.3, 0.4) is 0 Å². The molecule has 0 N–H and O–H groups in total. The molecule has 266 valence electrons. The van der Waals surface area contributed by atoms with Crippen LogP contribution in [0.25, 0.3) is 115 Å². The Kier molecular flexibility index (Phi) is 7.03. The van der Waals surface area contributed by atoms with Crippen molar-refractivity contribution in [2.24, 2.45) is 0 Å². The summed E-state index contributed by atoms with van der Waals surface area (Å²) >= 11 is 1.80. The van der Waals surface area contributed by atoms with Gasteiger partial charge in [-0.2, -0.15) is 0 Å². The minimum Gasteiger partial charge on any atom is -0.454 e. The van der Waals surface area contributed by atoms with E-state index in [1.807, 2.05) is 6.07 Å². The summed E-state index contributed by atoms with van der Waals surface area (Å²) in [5.74, 6) is 1.82. The molecule has 5 nitrogen and oxygen atoms in total. The molecule has 0 atom stereocenters. The number of hydrogen-bond acceptors (Lipinski definition) is 5. The molecule has 6 heteroatoms. The average Bonchev–Trinajstić information content (AvgIpc) is 3.96. The van der Waals surface area contributed by atoms with Gasteiger partial charge in [-0.05, 0) is 77.9 Å². The molecule has 0 spiro atoms. The first-order valence-electron chi connectivity index (χ1n) is 19.0. The summed E-state index contributed by atoms with van der Waals surface area (Å²) in [7, 11) is 0. The van der Waals surface area contributed by atoms with E-state index in [2.05, 4.69) is 180 Å². The zero-order chi connectivity index (χ0) is 37.5. The number of para-hydroxylation sites is 2. The Morgan fingerprint density at radius 1 is 0.386 bits per heavy atom. The number of aromatic nitrogens is 4. The molecule has 4 aromatic heterocycles. The first-order valence-corrected chi connectivity index (χ1v) is 19.8. The van der Waals surface area contributed by atoms with Crippen molar-refractivity contribution in [3.05, 3.63) is 182 Å². The predicted octanol–water partition coefficient (Wildman–Crippen LogP) is 13.9. The third-order valence-electron chi connectivity index (χ3n) is 11.0. The fourth-order valence-corrected chi connectivity index (χ4v) is 9.45. The van der Waals surface area contributed by atoms with Gasteiger partial charge < -0.3 is 8.98 Å². The molecular weight excluding hydrogens is 717 g/mol. The van der Waals surface area contributed by atoms with E-state index in [0.717, 1.165) is 71.9 Å². The van der Waals surface area contributed by atoms with Crippen LogP contribution >= 0.6 is 11.3 Å². The largest absolute Gasteiger partial charge is 0.454 e. The smallest absolute Gasteiger partial charge is 0.164 e. The molecule has 0 saturated heterocycles. The summed E-state index contributed by atoms with van der Waals surface area (Å²) in [6.07, 6.45) is 0. The highest BCUT2D eigenvalue weighted by Gasteiger charge is 2.20. The number of benzene rings is 8. The van der Waals surface area contributed by atoms with E-state index < -0.39 is 0 Å². The van der Waals surface area contributed by atoms with E-state index in [4.69, 9.17) is 19.4 Å². The van der Waals surface area contributed by atoms with Gasteiger partial charge in [0.2, 0.25) is 0 Å². The van der Waals surface area contributed by atoms with Crippen molar-refractivity contribution in [2.75, 3.05) is 0 Å². The summed E-state index contributed by atoms with van der Waals surface area (Å²) in [4.78, 5) is 15.5. The molecule has 0 amide bonds. The van der Waals surface area contributed by atoms with E-state index >= 15 is 0 Å². The standard InChI is InChI=1S/C51H30N4OS/c1-3-12-31(13-4-1)32-14-11-15-33(28-32)49-52-50(34-23-27-46-42(29-34)39-19-8-10-21-45(39)57-46)54-51(53-49)35-22-24-38-41-26-25-40-37-18-7-9-20-43(37)55(36-16-5-2-6-17-36)47(40)48(41)56-44(38)30-35/h1-30H. The highest BCUT2D eigenvalue weighted by molar-refractivity contribution is 7.25. The number of rotatable bonds is 5. The third kappa shape index (κ3) is 5.12. The van der Waals surface area contributed by atoms with Gasteiger partial charge in [-0.1, -0.05) is 115 Å². The third-order valence-corrected chi connectivity index (χ3v) is 12.2. The Balaban J connectivity index is 1.06. The second kappa shape index (κ2) is 12.6. The lowest BCUT2D eigenvalue weighted by Gasteiger charge is -2.10. The number of furan rings is 1. The Morgan fingerprint density at radius 3 is 1.81 bits per heavy atom. The molecule has 8 aromatic carbocycles. The molecule has 0 aliphatic carbocycles. The van der Waals surface area contributed by atoms with Crippen molar-refractivity contribution < 1.29 is 4.42 Å². The summed E-state index contributed by atoms with van der Waals surface area (Å²) in [6, 6.07) is 63.7. The van der Waals surface area contributed by atoms with E-state index in [-0.39, 0.29) is 0 Å². The molecule has 57 heavy (non-hydrogen) atoms. The van der Waals surface area contributed by atoms with Crippen LogP contribution in [0.5, 0.6) is 0 Å². The van der Waals surface area contributed by atoms with Crippen molar-refractivity contribution in [2.45, 2.75) is 0 Å². The second-order valence-corrected chi connectivity index (χ2v) is 15.5. The van der Waals surface area contributed by atoms with Crippen LogP contribution in [0.4, 0.5) is 0 Å². The molecule has 12 aromatic rings. The van der Waals surface area contributed by atoms with Crippen LogP contribution < -0.4 is 0 Å². The van der Waals surface area contributed by atoms with E-state index in [0.29, 0.717) is 17.5 Å². The van der Waals surface area contributed by atoms with E-state index in [1.165, 1.54) is 25.6 Å². The first kappa shape index (κ1) is 31.9. The molecule has 0 aliphatic heterocycles. The van der Waals surface area contributed by atoms with E-state index in [9.17, 15) is 0 Å². The van der Waals surface area contributed by atoms with Gasteiger partial charge in [-0.3, -0.25) is 0 Å². The monoisotopic (exact) mass is 746 g/mol. The van der Waals surface area contributed by atoms with Gasteiger partial charge in [0.15, 0.2) is 23.1 Å². The fourth-order valence-electron chi connectivity index (χ4n) is 8.36. The lowest BCUT2D eigenvalue weighted by atomic mass is 10.0. The molecule has 0 saturated carbocycles. The van der Waals surface area contributed by atoms with Crippen molar-refractivity contribution in [3.8, 4) is 51.0 Å².